The number of ether oxygens (including phenoxy) is 3. The van der Waals surface area contributed by atoms with Crippen molar-refractivity contribution in [1.82, 2.24) is 15.4 Å². The molecule has 12 nitrogen and oxygen atoms in total. The number of hydrogen-bond donors (Lipinski definition) is 3. The lowest BCUT2D eigenvalue weighted by Crippen LogP contribution is -2.30. The number of rotatable bonds is 7. The lowest BCUT2D eigenvalue weighted by atomic mass is 10.2. The molecule has 0 radical (unpaired) electrons. The first-order valence-electron chi connectivity index (χ1n) is 9.42. The number of carbonyl (C=O) groups excluding carboxylic acids is 1. The molecule has 2 heterocycles. The Hall–Kier alpha value is -4.61. The zero-order chi connectivity index (χ0) is 22.5. The van der Waals surface area contributed by atoms with E-state index in [1.54, 1.807) is 42.5 Å². The Bertz CT molecular complexity index is 1170. The SMILES string of the molecule is COc1ccccc1C(=O)NNc1ncnc(Nc2ccc3c(c2)OCCO3)c1[N+](=O)[O-]. The molecule has 1 aliphatic heterocycles. The molecule has 1 aromatic heterocycles. The van der Waals surface area contributed by atoms with Crippen LogP contribution in [-0.2, 0) is 0 Å². The molecular formula is C20H18N6O6. The third kappa shape index (κ3) is 4.28. The number of anilines is 3. The number of amides is 1. The van der Waals surface area contributed by atoms with Gasteiger partial charge in [0.15, 0.2) is 11.5 Å². The van der Waals surface area contributed by atoms with E-state index in [0.29, 0.717) is 36.1 Å². The molecule has 1 amide bonds. The standard InChI is InChI=1S/C20H18N6O6/c1-30-14-5-3-2-4-13(14)20(27)25-24-19-17(26(28)29)18(21-11-22-19)23-12-6-7-15-16(10-12)32-9-8-31-15/h2-7,10-11H,8-9H2,1H3,(H,25,27)(H2,21,22,23,24). The molecule has 0 fully saturated rings. The van der Waals surface area contributed by atoms with Crippen LogP contribution in [0.1, 0.15) is 10.4 Å². The van der Waals surface area contributed by atoms with Gasteiger partial charge in [-0.1, -0.05) is 12.1 Å². The van der Waals surface area contributed by atoms with Gasteiger partial charge in [0.25, 0.3) is 5.91 Å². The molecule has 0 saturated heterocycles. The summed E-state index contributed by atoms with van der Waals surface area (Å²) in [4.78, 5) is 31.4. The summed E-state index contributed by atoms with van der Waals surface area (Å²) in [7, 11) is 1.44. The van der Waals surface area contributed by atoms with Gasteiger partial charge >= 0.3 is 5.69 Å². The third-order valence-corrected chi connectivity index (χ3v) is 4.46. The van der Waals surface area contributed by atoms with Gasteiger partial charge in [-0.05, 0) is 24.3 Å². The van der Waals surface area contributed by atoms with Crippen LogP contribution in [0.15, 0.2) is 48.8 Å². The zero-order valence-electron chi connectivity index (χ0n) is 16.8. The maximum absolute atomic E-state index is 12.5. The fraction of sp³-hybridized carbons (Fsp3) is 0.150. The highest BCUT2D eigenvalue weighted by Gasteiger charge is 2.24. The summed E-state index contributed by atoms with van der Waals surface area (Å²) >= 11 is 0. The number of fused-ring (bicyclic) bond motifs is 1. The molecule has 0 bridgehead atoms. The van der Waals surface area contributed by atoms with E-state index in [2.05, 4.69) is 26.1 Å². The van der Waals surface area contributed by atoms with Crippen molar-refractivity contribution in [3.05, 3.63) is 64.5 Å². The number of nitrogens with zero attached hydrogens (tertiary/aromatic N) is 3. The average Bonchev–Trinajstić information content (AvgIpc) is 2.82. The smallest absolute Gasteiger partial charge is 0.355 e. The van der Waals surface area contributed by atoms with E-state index >= 15 is 0 Å². The molecule has 3 N–H and O–H groups in total. The molecule has 3 aromatic rings. The predicted molar refractivity (Wildman–Crippen MR) is 113 cm³/mol. The van der Waals surface area contributed by atoms with Crippen LogP contribution in [0.25, 0.3) is 0 Å². The number of methoxy groups -OCH3 is 1. The van der Waals surface area contributed by atoms with E-state index in [0.717, 1.165) is 6.33 Å². The Labute approximate surface area is 181 Å². The van der Waals surface area contributed by atoms with Gasteiger partial charge in [-0.25, -0.2) is 9.97 Å². The molecule has 12 heteroatoms. The van der Waals surface area contributed by atoms with Crippen LogP contribution in [0, 0.1) is 10.1 Å². The van der Waals surface area contributed by atoms with Gasteiger partial charge in [-0.3, -0.25) is 25.8 Å². The van der Waals surface area contributed by atoms with Crippen molar-refractivity contribution in [3.63, 3.8) is 0 Å². The van der Waals surface area contributed by atoms with Crippen molar-refractivity contribution in [2.24, 2.45) is 0 Å². The number of benzene rings is 2. The first-order chi connectivity index (χ1) is 15.6. The number of hydrazine groups is 1. The average molecular weight is 438 g/mol. The lowest BCUT2D eigenvalue weighted by molar-refractivity contribution is -0.383. The van der Waals surface area contributed by atoms with Crippen molar-refractivity contribution in [1.29, 1.82) is 0 Å². The van der Waals surface area contributed by atoms with E-state index in [1.807, 2.05) is 0 Å². The summed E-state index contributed by atoms with van der Waals surface area (Å²) in [5.41, 5.74) is 5.17. The Morgan fingerprint density at radius 1 is 1.09 bits per heavy atom. The minimum atomic E-state index is -0.655. The molecule has 0 unspecified atom stereocenters. The summed E-state index contributed by atoms with van der Waals surface area (Å²) in [5, 5.41) is 14.6. The fourth-order valence-electron chi connectivity index (χ4n) is 3.01. The van der Waals surface area contributed by atoms with Gasteiger partial charge in [0.05, 0.1) is 17.6 Å². The van der Waals surface area contributed by atoms with Gasteiger partial charge in [-0.15, -0.1) is 0 Å². The minimum Gasteiger partial charge on any atom is -0.496 e. The lowest BCUT2D eigenvalue weighted by Gasteiger charge is -2.19. The van der Waals surface area contributed by atoms with Gasteiger partial charge in [0.2, 0.25) is 11.6 Å². The predicted octanol–water partition coefficient (Wildman–Crippen LogP) is 2.67. The molecule has 0 spiro atoms. The maximum Gasteiger partial charge on any atom is 0.355 e. The number of nitro groups is 1. The van der Waals surface area contributed by atoms with Crippen LogP contribution in [0.2, 0.25) is 0 Å². The Balaban J connectivity index is 1.56. The number of hydrogen-bond acceptors (Lipinski definition) is 10. The minimum absolute atomic E-state index is 0.0734. The zero-order valence-corrected chi connectivity index (χ0v) is 16.8. The highest BCUT2D eigenvalue weighted by atomic mass is 16.6. The van der Waals surface area contributed by atoms with Crippen molar-refractivity contribution in [2.75, 3.05) is 31.1 Å². The number of nitrogens with one attached hydrogen (secondary N) is 3. The van der Waals surface area contributed by atoms with Gasteiger partial charge in [0, 0.05) is 11.8 Å². The topological polar surface area (TPSA) is 150 Å². The fourth-order valence-corrected chi connectivity index (χ4v) is 3.01. The largest absolute Gasteiger partial charge is 0.496 e. The molecule has 1 aliphatic rings. The second kappa shape index (κ2) is 9.04. The van der Waals surface area contributed by atoms with Crippen molar-refractivity contribution in [2.45, 2.75) is 0 Å². The third-order valence-electron chi connectivity index (χ3n) is 4.46. The highest BCUT2D eigenvalue weighted by Crippen LogP contribution is 2.36. The second-order valence-corrected chi connectivity index (χ2v) is 6.44. The highest BCUT2D eigenvalue weighted by molar-refractivity contribution is 5.97. The summed E-state index contributed by atoms with van der Waals surface area (Å²) in [6.45, 7) is 0.858. The van der Waals surface area contributed by atoms with Crippen LogP contribution < -0.4 is 30.4 Å². The molecule has 0 atom stereocenters. The second-order valence-electron chi connectivity index (χ2n) is 6.44. The first-order valence-corrected chi connectivity index (χ1v) is 9.42. The first kappa shape index (κ1) is 20.7. The van der Waals surface area contributed by atoms with Crippen molar-refractivity contribution >= 4 is 28.9 Å². The maximum atomic E-state index is 12.5. The van der Waals surface area contributed by atoms with Crippen LogP contribution in [0.5, 0.6) is 17.2 Å². The van der Waals surface area contributed by atoms with E-state index < -0.39 is 16.5 Å². The van der Waals surface area contributed by atoms with E-state index in [-0.39, 0.29) is 17.2 Å². The van der Waals surface area contributed by atoms with E-state index in [4.69, 9.17) is 14.2 Å². The normalized spacial score (nSPS) is 11.9. The molecule has 4 rings (SSSR count). The molecule has 32 heavy (non-hydrogen) atoms. The van der Waals surface area contributed by atoms with E-state index in [1.165, 1.54) is 7.11 Å². The van der Waals surface area contributed by atoms with Crippen LogP contribution in [0.3, 0.4) is 0 Å². The number of aromatic nitrogens is 2. The summed E-state index contributed by atoms with van der Waals surface area (Å²) < 4.78 is 16.2. The van der Waals surface area contributed by atoms with Crippen LogP contribution in [0.4, 0.5) is 23.0 Å². The molecule has 0 saturated carbocycles. The Kier molecular flexibility index (Phi) is 5.83. The quantitative estimate of drug-likeness (QED) is 0.371. The number of carbonyl (C=O) groups is 1. The van der Waals surface area contributed by atoms with Gasteiger partial charge < -0.3 is 19.5 Å². The van der Waals surface area contributed by atoms with Crippen molar-refractivity contribution < 1.29 is 23.9 Å². The summed E-state index contributed by atoms with van der Waals surface area (Å²) in [6, 6.07) is 11.6. The summed E-state index contributed by atoms with van der Waals surface area (Å²) in [5.74, 6) is 0.617. The molecule has 164 valence electrons. The molecule has 2 aromatic carbocycles. The van der Waals surface area contributed by atoms with Gasteiger partial charge in [0.1, 0.15) is 25.3 Å². The molecule has 0 aliphatic carbocycles. The van der Waals surface area contributed by atoms with Crippen molar-refractivity contribution in [3.8, 4) is 17.2 Å². The van der Waals surface area contributed by atoms with Crippen LogP contribution >= 0.6 is 0 Å². The van der Waals surface area contributed by atoms with E-state index in [9.17, 15) is 14.9 Å². The monoisotopic (exact) mass is 438 g/mol. The molecular weight excluding hydrogens is 420 g/mol. The van der Waals surface area contributed by atoms with Gasteiger partial charge in [-0.2, -0.15) is 0 Å². The Morgan fingerprint density at radius 2 is 1.84 bits per heavy atom. The summed E-state index contributed by atoms with van der Waals surface area (Å²) in [6.07, 6.45) is 1.13. The Morgan fingerprint density at radius 3 is 2.62 bits per heavy atom. The van der Waals surface area contributed by atoms with Crippen LogP contribution in [-0.4, -0.2) is 41.1 Å². The number of para-hydroxylation sites is 1.